The summed E-state index contributed by atoms with van der Waals surface area (Å²) < 4.78 is 17.1. The number of nitrogens with zero attached hydrogens (tertiary/aromatic N) is 3. The number of carbonyl (C=O) groups is 2. The third-order valence-corrected chi connectivity index (χ3v) is 8.89. The van der Waals surface area contributed by atoms with Gasteiger partial charge in [0.25, 0.3) is 11.5 Å². The minimum Gasteiger partial charge on any atom is -0.341 e. The van der Waals surface area contributed by atoms with Gasteiger partial charge in [-0.2, -0.15) is 0 Å². The van der Waals surface area contributed by atoms with E-state index in [0.29, 0.717) is 33.1 Å². The van der Waals surface area contributed by atoms with Crippen LogP contribution in [0.15, 0.2) is 125 Å². The molecule has 7 rings (SSSR count). The molecule has 2 aromatic heterocycles. The van der Waals surface area contributed by atoms with Crippen LogP contribution in [-0.4, -0.2) is 31.7 Å². The molecule has 2 heterocycles. The molecule has 0 saturated heterocycles. The maximum absolute atomic E-state index is 14.0. The predicted molar refractivity (Wildman–Crippen MR) is 186 cm³/mol. The van der Waals surface area contributed by atoms with Crippen LogP contribution in [0.1, 0.15) is 17.3 Å². The Morgan fingerprint density at radius 1 is 0.787 bits per heavy atom. The van der Waals surface area contributed by atoms with Gasteiger partial charge in [-0.1, -0.05) is 54.2 Å². The molecule has 0 radical (unpaired) electrons. The SMILES string of the molecule is CCn1c2ccccc2c2cc(-n3c(SCC(=O)Nc4ccccc4C(=O)Nc4ccc(F)cc4)nc4ccccc4c3=O)ccc21. The highest BCUT2D eigenvalue weighted by atomic mass is 32.2. The summed E-state index contributed by atoms with van der Waals surface area (Å²) in [4.78, 5) is 45.1. The van der Waals surface area contributed by atoms with Crippen molar-refractivity contribution in [3.63, 3.8) is 0 Å². The number of nitrogens with one attached hydrogen (secondary N) is 2. The van der Waals surface area contributed by atoms with Crippen LogP contribution in [0, 0.1) is 5.82 Å². The number of amides is 2. The molecule has 0 fully saturated rings. The summed E-state index contributed by atoms with van der Waals surface area (Å²) in [5, 5.41) is 8.49. The van der Waals surface area contributed by atoms with Crippen molar-refractivity contribution in [3.05, 3.63) is 137 Å². The van der Waals surface area contributed by atoms with Crippen LogP contribution in [0.2, 0.25) is 0 Å². The van der Waals surface area contributed by atoms with Gasteiger partial charge in [0.2, 0.25) is 5.91 Å². The number of carbonyl (C=O) groups excluding carboxylic acids is 2. The number of benzene rings is 5. The van der Waals surface area contributed by atoms with Gasteiger partial charge in [-0.25, -0.2) is 9.37 Å². The second-order valence-corrected chi connectivity index (χ2v) is 11.8. The van der Waals surface area contributed by atoms with Crippen molar-refractivity contribution in [1.29, 1.82) is 0 Å². The van der Waals surface area contributed by atoms with Crippen LogP contribution in [-0.2, 0) is 11.3 Å². The minimum absolute atomic E-state index is 0.0733. The highest BCUT2D eigenvalue weighted by molar-refractivity contribution is 7.99. The van der Waals surface area contributed by atoms with Gasteiger partial charge >= 0.3 is 0 Å². The predicted octanol–water partition coefficient (Wildman–Crippen LogP) is 7.64. The van der Waals surface area contributed by atoms with Gasteiger partial charge in [0, 0.05) is 34.0 Å². The van der Waals surface area contributed by atoms with Crippen molar-refractivity contribution in [2.75, 3.05) is 16.4 Å². The van der Waals surface area contributed by atoms with E-state index in [9.17, 15) is 18.8 Å². The normalized spacial score (nSPS) is 11.3. The molecule has 10 heteroatoms. The Hall–Kier alpha value is -5.74. The number of rotatable bonds is 8. The van der Waals surface area contributed by atoms with E-state index in [-0.39, 0.29) is 22.8 Å². The number of fused-ring (bicyclic) bond motifs is 4. The van der Waals surface area contributed by atoms with E-state index in [2.05, 4.69) is 34.3 Å². The van der Waals surface area contributed by atoms with Crippen molar-refractivity contribution in [3.8, 4) is 5.69 Å². The Morgan fingerprint density at radius 2 is 1.49 bits per heavy atom. The van der Waals surface area contributed by atoms with Gasteiger partial charge in [0.15, 0.2) is 5.16 Å². The molecular formula is C37H28FN5O3S. The Balaban J connectivity index is 1.20. The number of hydrogen-bond donors (Lipinski definition) is 2. The molecule has 0 spiro atoms. The van der Waals surface area contributed by atoms with E-state index < -0.39 is 11.7 Å². The summed E-state index contributed by atoms with van der Waals surface area (Å²) >= 11 is 1.13. The van der Waals surface area contributed by atoms with Crippen LogP contribution < -0.4 is 16.2 Å². The van der Waals surface area contributed by atoms with Crippen LogP contribution >= 0.6 is 11.8 Å². The van der Waals surface area contributed by atoms with E-state index in [4.69, 9.17) is 4.98 Å². The quantitative estimate of drug-likeness (QED) is 0.131. The van der Waals surface area contributed by atoms with Crippen LogP contribution in [0.25, 0.3) is 38.4 Å². The number of thioether (sulfide) groups is 1. The fourth-order valence-electron chi connectivity index (χ4n) is 5.80. The van der Waals surface area contributed by atoms with Crippen LogP contribution in [0.4, 0.5) is 15.8 Å². The zero-order chi connectivity index (χ0) is 32.5. The molecule has 0 aliphatic carbocycles. The standard InChI is InChI=1S/C37H28FN5O3S/c1-2-42-32-14-8-5-9-26(32)29-21-25(19-20-33(29)42)43-36(46)28-11-4-7-13-31(28)41-37(43)47-22-34(44)40-30-12-6-3-10-27(30)35(45)39-24-17-15-23(38)16-18-24/h3-21H,2,22H2,1H3,(H,39,45)(H,40,44). The largest absolute Gasteiger partial charge is 0.341 e. The maximum Gasteiger partial charge on any atom is 0.266 e. The minimum atomic E-state index is -0.454. The number of para-hydroxylation sites is 3. The molecule has 2 amide bonds. The highest BCUT2D eigenvalue weighted by Crippen LogP contribution is 2.32. The van der Waals surface area contributed by atoms with E-state index in [1.807, 2.05) is 36.4 Å². The van der Waals surface area contributed by atoms with Gasteiger partial charge in [0.1, 0.15) is 5.82 Å². The third-order valence-electron chi connectivity index (χ3n) is 7.96. The summed E-state index contributed by atoms with van der Waals surface area (Å²) in [6, 6.07) is 33.3. The maximum atomic E-state index is 14.0. The molecule has 2 N–H and O–H groups in total. The zero-order valence-electron chi connectivity index (χ0n) is 25.2. The van der Waals surface area contributed by atoms with E-state index in [0.717, 1.165) is 40.1 Å². The molecule has 5 aromatic carbocycles. The Labute approximate surface area is 272 Å². The zero-order valence-corrected chi connectivity index (χ0v) is 26.1. The average molecular weight is 642 g/mol. The van der Waals surface area contributed by atoms with E-state index in [1.165, 1.54) is 24.3 Å². The molecule has 0 unspecified atom stereocenters. The summed E-state index contributed by atoms with van der Waals surface area (Å²) in [7, 11) is 0. The van der Waals surface area contributed by atoms with Gasteiger partial charge in [-0.15, -0.1) is 0 Å². The molecule has 232 valence electrons. The number of hydrogen-bond acceptors (Lipinski definition) is 5. The Morgan fingerprint density at radius 3 is 2.30 bits per heavy atom. The Kier molecular flexibility index (Phi) is 8.01. The number of aryl methyl sites for hydroxylation is 1. The molecule has 0 saturated carbocycles. The monoisotopic (exact) mass is 641 g/mol. The lowest BCUT2D eigenvalue weighted by Gasteiger charge is -2.14. The molecule has 47 heavy (non-hydrogen) atoms. The molecule has 0 aliphatic heterocycles. The van der Waals surface area contributed by atoms with Crippen LogP contribution in [0.3, 0.4) is 0 Å². The van der Waals surface area contributed by atoms with Gasteiger partial charge in [-0.05, 0) is 79.7 Å². The molecule has 0 atom stereocenters. The second-order valence-electron chi connectivity index (χ2n) is 10.9. The van der Waals surface area contributed by atoms with Gasteiger partial charge < -0.3 is 15.2 Å². The fraction of sp³-hybridized carbons (Fsp3) is 0.0811. The van der Waals surface area contributed by atoms with Crippen molar-refractivity contribution >= 4 is 67.7 Å². The van der Waals surface area contributed by atoms with Crippen molar-refractivity contribution in [1.82, 2.24) is 14.1 Å². The lowest BCUT2D eigenvalue weighted by atomic mass is 10.1. The molecular weight excluding hydrogens is 614 g/mol. The molecule has 0 aliphatic rings. The van der Waals surface area contributed by atoms with Gasteiger partial charge in [0.05, 0.1) is 33.6 Å². The van der Waals surface area contributed by atoms with E-state index in [1.54, 1.807) is 47.0 Å². The smallest absolute Gasteiger partial charge is 0.266 e. The first-order chi connectivity index (χ1) is 22.9. The summed E-state index contributed by atoms with van der Waals surface area (Å²) in [6.45, 7) is 2.90. The fourth-order valence-corrected chi connectivity index (χ4v) is 6.61. The second kappa shape index (κ2) is 12.6. The number of halogens is 1. The number of anilines is 2. The van der Waals surface area contributed by atoms with Crippen molar-refractivity contribution < 1.29 is 14.0 Å². The molecule has 8 nitrogen and oxygen atoms in total. The topological polar surface area (TPSA) is 98.0 Å². The highest BCUT2D eigenvalue weighted by Gasteiger charge is 2.19. The summed E-state index contributed by atoms with van der Waals surface area (Å²) in [5.41, 5.74) is 4.10. The van der Waals surface area contributed by atoms with Crippen LogP contribution in [0.5, 0.6) is 0 Å². The lowest BCUT2D eigenvalue weighted by molar-refractivity contribution is -0.113. The Bertz CT molecular complexity index is 2380. The van der Waals surface area contributed by atoms with Crippen molar-refractivity contribution in [2.45, 2.75) is 18.6 Å². The first-order valence-corrected chi connectivity index (χ1v) is 16.0. The number of aromatic nitrogens is 3. The summed E-state index contributed by atoms with van der Waals surface area (Å²) in [5.74, 6) is -1.32. The van der Waals surface area contributed by atoms with Gasteiger partial charge in [-0.3, -0.25) is 19.0 Å². The van der Waals surface area contributed by atoms with E-state index >= 15 is 0 Å². The molecule has 7 aromatic rings. The average Bonchev–Trinajstić information content (AvgIpc) is 3.41. The first-order valence-electron chi connectivity index (χ1n) is 15.0. The summed E-state index contributed by atoms with van der Waals surface area (Å²) in [6.07, 6.45) is 0. The lowest BCUT2D eigenvalue weighted by Crippen LogP contribution is -2.23. The third kappa shape index (κ3) is 5.75. The first kappa shape index (κ1) is 29.9. The van der Waals surface area contributed by atoms with Crippen molar-refractivity contribution in [2.24, 2.45) is 0 Å². The molecule has 0 bridgehead atoms.